The number of nitrogens with zero attached hydrogens (tertiary/aromatic N) is 3. The van der Waals surface area contributed by atoms with E-state index >= 15 is 0 Å². The molecule has 1 aliphatic heterocycles. The molecule has 1 saturated heterocycles. The number of aromatic nitrogens is 3. The number of rotatable bonds is 4. The molecule has 1 N–H and O–H groups in total. The van der Waals surface area contributed by atoms with Crippen LogP contribution in [0.2, 0.25) is 0 Å². The lowest BCUT2D eigenvalue weighted by molar-refractivity contribution is 0.180. The van der Waals surface area contributed by atoms with Crippen LogP contribution in [0, 0.1) is 0 Å². The van der Waals surface area contributed by atoms with Crippen molar-refractivity contribution in [3.05, 3.63) is 82.4 Å². The predicted octanol–water partition coefficient (Wildman–Crippen LogP) is 2.00. The summed E-state index contributed by atoms with van der Waals surface area (Å²) in [6.45, 7) is 1.07. The zero-order valence-electron chi connectivity index (χ0n) is 15.5. The molecule has 3 heterocycles. The maximum absolute atomic E-state index is 12.6. The Morgan fingerprint density at radius 1 is 1.00 bits per heavy atom. The van der Waals surface area contributed by atoms with Crippen molar-refractivity contribution < 1.29 is 4.74 Å². The highest BCUT2D eigenvalue weighted by atomic mass is 16.5. The van der Waals surface area contributed by atoms with Gasteiger partial charge in [0.1, 0.15) is 0 Å². The van der Waals surface area contributed by atoms with Crippen LogP contribution >= 0.6 is 0 Å². The van der Waals surface area contributed by atoms with Crippen molar-refractivity contribution >= 4 is 0 Å². The maximum atomic E-state index is 12.6. The van der Waals surface area contributed by atoms with Crippen molar-refractivity contribution in [3.8, 4) is 11.3 Å². The lowest BCUT2D eigenvalue weighted by atomic mass is 10.1. The molecular weight excluding hydrogens is 352 g/mol. The van der Waals surface area contributed by atoms with E-state index in [0.717, 1.165) is 24.1 Å². The van der Waals surface area contributed by atoms with Crippen LogP contribution in [0.25, 0.3) is 11.3 Å². The van der Waals surface area contributed by atoms with Crippen LogP contribution in [0.3, 0.4) is 0 Å². The van der Waals surface area contributed by atoms with Crippen LogP contribution in [-0.4, -0.2) is 40.1 Å². The lowest BCUT2D eigenvalue weighted by Crippen LogP contribution is -2.46. The van der Waals surface area contributed by atoms with Crippen molar-refractivity contribution in [2.24, 2.45) is 0 Å². The molecule has 0 bridgehead atoms. The van der Waals surface area contributed by atoms with Crippen molar-refractivity contribution in [2.45, 2.75) is 31.0 Å². The van der Waals surface area contributed by atoms with Gasteiger partial charge < -0.3 is 10.1 Å². The summed E-state index contributed by atoms with van der Waals surface area (Å²) in [4.78, 5) is 16.7. The highest BCUT2D eigenvalue weighted by molar-refractivity contribution is 5.56. The van der Waals surface area contributed by atoms with Crippen molar-refractivity contribution in [1.29, 1.82) is 0 Å². The van der Waals surface area contributed by atoms with E-state index in [1.54, 1.807) is 29.2 Å². The van der Waals surface area contributed by atoms with Gasteiger partial charge in [-0.1, -0.05) is 24.3 Å². The van der Waals surface area contributed by atoms with E-state index in [9.17, 15) is 4.79 Å². The number of benzene rings is 1. The Balaban J connectivity index is 1.38. The van der Waals surface area contributed by atoms with E-state index in [2.05, 4.69) is 39.7 Å². The van der Waals surface area contributed by atoms with Crippen LogP contribution in [0.15, 0.2) is 65.7 Å². The molecule has 1 aromatic carbocycles. The summed E-state index contributed by atoms with van der Waals surface area (Å²) in [6, 6.07) is 16.0. The molecule has 2 atom stereocenters. The van der Waals surface area contributed by atoms with Crippen molar-refractivity contribution in [2.75, 3.05) is 13.2 Å². The zero-order chi connectivity index (χ0) is 18.9. The smallest absolute Gasteiger partial charge is 0.267 e. The second kappa shape index (κ2) is 7.30. The van der Waals surface area contributed by atoms with Gasteiger partial charge in [-0.3, -0.25) is 9.78 Å². The lowest BCUT2D eigenvalue weighted by Gasteiger charge is -2.24. The van der Waals surface area contributed by atoms with Gasteiger partial charge in [0.15, 0.2) is 0 Å². The van der Waals surface area contributed by atoms with Gasteiger partial charge in [-0.05, 0) is 42.2 Å². The first kappa shape index (κ1) is 17.3. The van der Waals surface area contributed by atoms with Crippen molar-refractivity contribution in [1.82, 2.24) is 20.1 Å². The largest absolute Gasteiger partial charge is 0.377 e. The predicted molar refractivity (Wildman–Crippen MR) is 106 cm³/mol. The number of ether oxygens (including phenoxy) is 1. The molecule has 1 aliphatic carbocycles. The summed E-state index contributed by atoms with van der Waals surface area (Å²) in [5, 5.41) is 8.36. The molecule has 142 valence electrons. The zero-order valence-corrected chi connectivity index (χ0v) is 15.5. The van der Waals surface area contributed by atoms with Crippen LogP contribution in [0.5, 0.6) is 0 Å². The molecule has 2 aromatic heterocycles. The summed E-state index contributed by atoms with van der Waals surface area (Å²) in [6.07, 6.45) is 5.51. The molecule has 0 amide bonds. The van der Waals surface area contributed by atoms with Gasteiger partial charge in [0.25, 0.3) is 5.56 Å². The Kier molecular flexibility index (Phi) is 4.50. The molecule has 0 radical (unpaired) electrons. The highest BCUT2D eigenvalue weighted by Gasteiger charge is 2.34. The fourth-order valence-electron chi connectivity index (χ4n) is 4.25. The Morgan fingerprint density at radius 3 is 2.57 bits per heavy atom. The van der Waals surface area contributed by atoms with Crippen LogP contribution in [-0.2, 0) is 17.6 Å². The fourth-order valence-corrected chi connectivity index (χ4v) is 4.25. The standard InChI is InChI=1S/C22H22N4O2/c27-22-8-7-19(17-6-3-9-23-12-17)25-26(22)21-14-28-13-20(21)24-18-10-15-4-1-2-5-16(15)11-18/h1-9,12,18,20-21,24H,10-11,13-14H2. The van der Waals surface area contributed by atoms with E-state index in [1.807, 2.05) is 12.1 Å². The monoisotopic (exact) mass is 374 g/mol. The summed E-state index contributed by atoms with van der Waals surface area (Å²) >= 11 is 0. The number of hydrogen-bond donors (Lipinski definition) is 1. The van der Waals surface area contributed by atoms with E-state index in [4.69, 9.17) is 4.74 Å². The molecule has 6 heteroatoms. The third-order valence-electron chi connectivity index (χ3n) is 5.65. The highest BCUT2D eigenvalue weighted by Crippen LogP contribution is 2.25. The number of pyridine rings is 1. The molecule has 2 aliphatic rings. The number of fused-ring (bicyclic) bond motifs is 1. The molecule has 1 fully saturated rings. The molecule has 0 saturated carbocycles. The first-order chi connectivity index (χ1) is 13.8. The molecular formula is C22H22N4O2. The summed E-state index contributed by atoms with van der Waals surface area (Å²) in [7, 11) is 0. The van der Waals surface area contributed by atoms with Gasteiger partial charge in [-0.15, -0.1) is 0 Å². The SMILES string of the molecule is O=c1ccc(-c2cccnc2)nn1C1COCC1NC1Cc2ccccc2C1. The first-order valence-electron chi connectivity index (χ1n) is 9.69. The summed E-state index contributed by atoms with van der Waals surface area (Å²) in [5.74, 6) is 0. The average molecular weight is 374 g/mol. The Morgan fingerprint density at radius 2 is 1.82 bits per heavy atom. The van der Waals surface area contributed by atoms with Crippen LogP contribution in [0.1, 0.15) is 17.2 Å². The van der Waals surface area contributed by atoms with Gasteiger partial charge >= 0.3 is 0 Å². The summed E-state index contributed by atoms with van der Waals surface area (Å²) < 4.78 is 7.32. The molecule has 3 aromatic rings. The fraction of sp³-hybridized carbons (Fsp3) is 0.318. The Labute approximate surface area is 163 Å². The van der Waals surface area contributed by atoms with Crippen molar-refractivity contribution in [3.63, 3.8) is 0 Å². The molecule has 6 nitrogen and oxygen atoms in total. The third-order valence-corrected chi connectivity index (χ3v) is 5.65. The van der Waals surface area contributed by atoms with E-state index in [0.29, 0.717) is 19.3 Å². The normalized spacial score (nSPS) is 21.7. The van der Waals surface area contributed by atoms with E-state index < -0.39 is 0 Å². The first-order valence-corrected chi connectivity index (χ1v) is 9.69. The Hall–Kier alpha value is -2.83. The van der Waals surface area contributed by atoms with Gasteiger partial charge in [-0.2, -0.15) is 5.10 Å². The topological polar surface area (TPSA) is 69.0 Å². The molecule has 5 rings (SSSR count). The number of nitrogens with one attached hydrogen (secondary N) is 1. The van der Waals surface area contributed by atoms with Gasteiger partial charge in [0.2, 0.25) is 0 Å². The average Bonchev–Trinajstić information content (AvgIpc) is 3.35. The second-order valence-corrected chi connectivity index (χ2v) is 7.49. The molecule has 0 spiro atoms. The minimum atomic E-state index is -0.118. The second-order valence-electron chi connectivity index (χ2n) is 7.49. The minimum Gasteiger partial charge on any atom is -0.377 e. The van der Waals surface area contributed by atoms with Crippen LogP contribution in [0.4, 0.5) is 0 Å². The maximum Gasteiger partial charge on any atom is 0.267 e. The third kappa shape index (κ3) is 3.25. The Bertz CT molecular complexity index is 1010. The van der Waals surface area contributed by atoms with E-state index in [-0.39, 0.29) is 17.6 Å². The number of hydrogen-bond acceptors (Lipinski definition) is 5. The molecule has 28 heavy (non-hydrogen) atoms. The van der Waals surface area contributed by atoms with Gasteiger partial charge in [0.05, 0.1) is 31.0 Å². The minimum absolute atomic E-state index is 0.0636. The van der Waals surface area contributed by atoms with Crippen LogP contribution < -0.4 is 10.9 Å². The van der Waals surface area contributed by atoms with Gasteiger partial charge in [0, 0.05) is 30.1 Å². The molecule has 2 unspecified atom stereocenters. The summed E-state index contributed by atoms with van der Waals surface area (Å²) in [5.41, 5.74) is 4.34. The van der Waals surface area contributed by atoms with E-state index in [1.165, 1.54) is 11.1 Å². The quantitative estimate of drug-likeness (QED) is 0.757. The van der Waals surface area contributed by atoms with Gasteiger partial charge in [-0.25, -0.2) is 4.68 Å².